The van der Waals surface area contributed by atoms with Gasteiger partial charge in [-0.3, -0.25) is 9.59 Å². The Labute approximate surface area is 241 Å². The third-order valence-corrected chi connectivity index (χ3v) is 10.9. The third kappa shape index (κ3) is 6.29. The van der Waals surface area contributed by atoms with Crippen molar-refractivity contribution in [1.82, 2.24) is 9.21 Å². The zero-order valence-corrected chi connectivity index (χ0v) is 25.1. The van der Waals surface area contributed by atoms with E-state index in [2.05, 4.69) is 0 Å². The highest BCUT2D eigenvalue weighted by atomic mass is 35.5. The first kappa shape index (κ1) is 29.8. The average molecular weight is 596 g/mol. The van der Waals surface area contributed by atoms with E-state index in [1.54, 1.807) is 32.2 Å². The van der Waals surface area contributed by atoms with Crippen molar-refractivity contribution >= 4 is 45.1 Å². The Balaban J connectivity index is 1.86. The van der Waals surface area contributed by atoms with Crippen molar-refractivity contribution in [2.24, 2.45) is 5.41 Å². The molecule has 2 unspecified atom stereocenters. The van der Waals surface area contributed by atoms with Crippen molar-refractivity contribution in [3.8, 4) is 0 Å². The van der Waals surface area contributed by atoms with Gasteiger partial charge in [-0.15, -0.1) is 0 Å². The maximum atomic E-state index is 14.5. The van der Waals surface area contributed by atoms with Gasteiger partial charge < -0.3 is 9.64 Å². The van der Waals surface area contributed by atoms with Gasteiger partial charge in [0.2, 0.25) is 15.9 Å². The first-order valence-electron chi connectivity index (χ1n) is 13.3. The van der Waals surface area contributed by atoms with Crippen LogP contribution in [0.15, 0.2) is 48.5 Å². The number of esters is 1. The minimum Gasteiger partial charge on any atom is -0.469 e. The lowest BCUT2D eigenvalue weighted by Gasteiger charge is -2.52. The lowest BCUT2D eigenvalue weighted by atomic mass is 9.67. The number of hydrogen-bond acceptors (Lipinski definition) is 5. The Hall–Kier alpha value is -2.13. The van der Waals surface area contributed by atoms with Gasteiger partial charge >= 0.3 is 5.97 Å². The summed E-state index contributed by atoms with van der Waals surface area (Å²) in [4.78, 5) is 28.8. The number of likely N-dealkylation sites (tertiary alicyclic amines) is 1. The fourth-order valence-electron chi connectivity index (χ4n) is 5.77. The molecule has 1 heterocycles. The number of carbonyl (C=O) groups is 2. The molecular formula is C29H36Cl2N2O5S. The van der Waals surface area contributed by atoms with E-state index in [0.29, 0.717) is 35.7 Å². The second kappa shape index (κ2) is 11.8. The SMILES string of the molecule is CCC(CN(C)S(=O)(=O)C1CC1)N1C(=O)[C@@](C)(CC(=O)OC)C[C@H](c2cccc(Cl)c2)C1c1ccc(Cl)cc1. The Kier molecular flexibility index (Phi) is 9.01. The van der Waals surface area contributed by atoms with Crippen LogP contribution in [-0.2, 0) is 24.3 Å². The topological polar surface area (TPSA) is 84.0 Å². The summed E-state index contributed by atoms with van der Waals surface area (Å²) >= 11 is 12.7. The monoisotopic (exact) mass is 594 g/mol. The van der Waals surface area contributed by atoms with Crippen LogP contribution in [0, 0.1) is 5.41 Å². The highest BCUT2D eigenvalue weighted by Crippen LogP contribution is 2.52. The van der Waals surface area contributed by atoms with E-state index in [0.717, 1.165) is 11.1 Å². The van der Waals surface area contributed by atoms with Gasteiger partial charge in [-0.25, -0.2) is 12.7 Å². The minimum atomic E-state index is -3.45. The van der Waals surface area contributed by atoms with Gasteiger partial charge in [0, 0.05) is 35.6 Å². The molecule has 1 aliphatic heterocycles. The van der Waals surface area contributed by atoms with Gasteiger partial charge in [0.1, 0.15) is 0 Å². The van der Waals surface area contributed by atoms with Crippen LogP contribution < -0.4 is 0 Å². The summed E-state index contributed by atoms with van der Waals surface area (Å²) in [5.74, 6) is -0.895. The number of likely N-dealkylation sites (N-methyl/N-ethyl adjacent to an activating group) is 1. The number of piperidine rings is 1. The molecule has 7 nitrogen and oxygen atoms in total. The van der Waals surface area contributed by atoms with Crippen molar-refractivity contribution in [1.29, 1.82) is 0 Å². The molecule has 10 heteroatoms. The molecule has 1 amide bonds. The van der Waals surface area contributed by atoms with Crippen LogP contribution in [0.4, 0.5) is 0 Å². The van der Waals surface area contributed by atoms with Crippen molar-refractivity contribution in [3.05, 3.63) is 69.7 Å². The van der Waals surface area contributed by atoms with Crippen molar-refractivity contribution < 1.29 is 22.7 Å². The predicted octanol–water partition coefficient (Wildman–Crippen LogP) is 5.82. The smallest absolute Gasteiger partial charge is 0.306 e. The van der Waals surface area contributed by atoms with Crippen molar-refractivity contribution in [3.63, 3.8) is 0 Å². The van der Waals surface area contributed by atoms with E-state index in [4.69, 9.17) is 27.9 Å². The molecule has 1 saturated heterocycles. The molecular weight excluding hydrogens is 559 g/mol. The summed E-state index contributed by atoms with van der Waals surface area (Å²) in [6, 6.07) is 14.1. The molecule has 212 valence electrons. The third-order valence-electron chi connectivity index (χ3n) is 8.07. The lowest BCUT2D eigenvalue weighted by Crippen LogP contribution is -2.58. The molecule has 0 radical (unpaired) electrons. The molecule has 1 aliphatic carbocycles. The maximum absolute atomic E-state index is 14.5. The number of nitrogens with zero attached hydrogens (tertiary/aromatic N) is 2. The maximum Gasteiger partial charge on any atom is 0.306 e. The average Bonchev–Trinajstić information content (AvgIpc) is 3.75. The number of sulfonamides is 1. The number of halogens is 2. The number of rotatable bonds is 10. The summed E-state index contributed by atoms with van der Waals surface area (Å²) in [6.07, 6.45) is 2.14. The summed E-state index contributed by atoms with van der Waals surface area (Å²) in [5.41, 5.74) is 0.749. The van der Waals surface area contributed by atoms with Crippen LogP contribution in [0.1, 0.15) is 69.0 Å². The van der Waals surface area contributed by atoms with E-state index in [-0.39, 0.29) is 30.0 Å². The van der Waals surface area contributed by atoms with Crippen LogP contribution >= 0.6 is 23.2 Å². The lowest BCUT2D eigenvalue weighted by molar-refractivity contribution is -0.161. The normalized spacial score (nSPS) is 24.6. The van der Waals surface area contributed by atoms with Gasteiger partial charge in [0.05, 0.1) is 30.2 Å². The highest BCUT2D eigenvalue weighted by molar-refractivity contribution is 7.90. The molecule has 0 bridgehead atoms. The Morgan fingerprint density at radius 3 is 2.36 bits per heavy atom. The van der Waals surface area contributed by atoms with Crippen LogP contribution in [-0.4, -0.2) is 61.5 Å². The molecule has 2 aliphatic rings. The molecule has 4 rings (SSSR count). The molecule has 1 saturated carbocycles. The summed E-state index contributed by atoms with van der Waals surface area (Å²) < 4.78 is 32.5. The van der Waals surface area contributed by atoms with Crippen molar-refractivity contribution in [2.75, 3.05) is 20.7 Å². The quantitative estimate of drug-likeness (QED) is 0.323. The fraction of sp³-hybridized carbons (Fsp3) is 0.517. The largest absolute Gasteiger partial charge is 0.469 e. The van der Waals surface area contributed by atoms with E-state index < -0.39 is 33.5 Å². The number of ether oxygens (including phenoxy) is 1. The summed E-state index contributed by atoms with van der Waals surface area (Å²) in [5, 5.41) is 0.792. The fourth-order valence-corrected chi connectivity index (χ4v) is 7.72. The zero-order chi connectivity index (χ0) is 28.5. The molecule has 4 atom stereocenters. The first-order chi connectivity index (χ1) is 18.4. The Morgan fingerprint density at radius 2 is 1.79 bits per heavy atom. The van der Waals surface area contributed by atoms with Gasteiger partial charge in [-0.2, -0.15) is 0 Å². The molecule has 2 fully saturated rings. The number of methoxy groups -OCH3 is 1. The number of hydrogen-bond donors (Lipinski definition) is 0. The minimum absolute atomic E-state index is 0.0874. The second-order valence-corrected chi connectivity index (χ2v) is 14.2. The van der Waals surface area contributed by atoms with E-state index >= 15 is 0 Å². The highest BCUT2D eigenvalue weighted by Gasteiger charge is 2.53. The Morgan fingerprint density at radius 1 is 1.13 bits per heavy atom. The predicted molar refractivity (Wildman–Crippen MR) is 153 cm³/mol. The molecule has 2 aromatic rings. The molecule has 0 spiro atoms. The van der Waals surface area contributed by atoms with Crippen LogP contribution in [0.5, 0.6) is 0 Å². The second-order valence-electron chi connectivity index (χ2n) is 11.0. The van der Waals surface area contributed by atoms with Crippen molar-refractivity contribution in [2.45, 2.75) is 69.2 Å². The van der Waals surface area contributed by atoms with Gasteiger partial charge in [-0.05, 0) is 61.1 Å². The van der Waals surface area contributed by atoms with Gasteiger partial charge in [0.25, 0.3) is 0 Å². The van der Waals surface area contributed by atoms with Crippen LogP contribution in [0.2, 0.25) is 10.0 Å². The zero-order valence-electron chi connectivity index (χ0n) is 22.8. The van der Waals surface area contributed by atoms with Gasteiger partial charge in [0.15, 0.2) is 0 Å². The van der Waals surface area contributed by atoms with Crippen LogP contribution in [0.3, 0.4) is 0 Å². The molecule has 0 aromatic heterocycles. The van der Waals surface area contributed by atoms with E-state index in [9.17, 15) is 18.0 Å². The molecule has 0 N–H and O–H groups in total. The summed E-state index contributed by atoms with van der Waals surface area (Å²) in [6.45, 7) is 3.91. The first-order valence-corrected chi connectivity index (χ1v) is 15.5. The van der Waals surface area contributed by atoms with E-state index in [1.165, 1.54) is 11.4 Å². The van der Waals surface area contributed by atoms with Gasteiger partial charge in [-0.1, -0.05) is 61.3 Å². The molecule has 39 heavy (non-hydrogen) atoms. The Bertz CT molecular complexity index is 1320. The van der Waals surface area contributed by atoms with Crippen LogP contribution in [0.25, 0.3) is 0 Å². The number of amides is 1. The summed E-state index contributed by atoms with van der Waals surface area (Å²) in [7, 11) is -0.550. The number of benzene rings is 2. The number of carbonyl (C=O) groups excluding carboxylic acids is 2. The standard InChI is InChI=1S/C29H36Cl2N2O5S/c1-5-23(18-32(3)39(36,37)24-13-14-24)33-27(19-9-11-21(30)12-10-19)25(20-7-6-8-22(31)15-20)16-29(2,28(33)35)17-26(34)38-4/h6-12,15,23-25,27H,5,13-14,16-18H2,1-4H3/t23?,25-,27?,29-/m1/s1. The molecule has 2 aromatic carbocycles. The van der Waals surface area contributed by atoms with E-state index in [1.807, 2.05) is 42.2 Å².